The molecule has 0 N–H and O–H groups in total. The molecule has 3 atom stereocenters. The molecule has 2 bridgehead atoms. The lowest BCUT2D eigenvalue weighted by atomic mass is 9.79. The fourth-order valence-electron chi connectivity index (χ4n) is 5.11. The molecule has 28 heavy (non-hydrogen) atoms. The number of amides is 1. The normalized spacial score (nSPS) is 29.0. The minimum absolute atomic E-state index is 0.00140. The lowest BCUT2D eigenvalue weighted by Gasteiger charge is -2.53. The number of carbonyl (C=O) groups is 1. The summed E-state index contributed by atoms with van der Waals surface area (Å²) in [5.74, 6) is -0.271. The largest absolute Gasteiger partial charge is 0.446 e. The maximum atomic E-state index is 13.5. The predicted octanol–water partition coefficient (Wildman–Crippen LogP) is 4.14. The van der Waals surface area contributed by atoms with Crippen molar-refractivity contribution in [2.45, 2.75) is 49.9 Å². The molecule has 4 aliphatic rings. The second-order valence-electron chi connectivity index (χ2n) is 8.28. The maximum absolute atomic E-state index is 13.5. The van der Waals surface area contributed by atoms with E-state index in [1.54, 1.807) is 12.1 Å². The van der Waals surface area contributed by atoms with Crippen molar-refractivity contribution in [3.05, 3.63) is 71.0 Å². The Hall–Kier alpha value is -2.40. The van der Waals surface area contributed by atoms with E-state index >= 15 is 0 Å². The van der Waals surface area contributed by atoms with Crippen LogP contribution in [0.2, 0.25) is 0 Å². The zero-order valence-electron chi connectivity index (χ0n) is 16.1. The lowest BCUT2D eigenvalue weighted by Crippen LogP contribution is -2.60. The lowest BCUT2D eigenvalue weighted by molar-refractivity contribution is -0.0750. The highest BCUT2D eigenvalue weighted by Gasteiger charge is 2.45. The molecule has 146 valence electrons. The number of piperidine rings is 1. The second-order valence-corrected chi connectivity index (χ2v) is 8.28. The Bertz CT molecular complexity index is 872. The number of nitrogens with zero attached hydrogens (tertiary/aromatic N) is 2. The topological polar surface area (TPSA) is 32.8 Å². The molecule has 0 aromatic heterocycles. The molecule has 1 amide bonds. The van der Waals surface area contributed by atoms with E-state index in [-0.39, 0.29) is 24.1 Å². The number of hydrogen-bond donors (Lipinski definition) is 0. The van der Waals surface area contributed by atoms with E-state index in [0.717, 1.165) is 30.4 Å². The molecule has 6 rings (SSSR count). The smallest absolute Gasteiger partial charge is 0.410 e. The number of ether oxygens (including phenoxy) is 1. The first-order chi connectivity index (χ1) is 13.6. The van der Waals surface area contributed by atoms with Crippen molar-refractivity contribution in [2.75, 3.05) is 13.6 Å². The van der Waals surface area contributed by atoms with Crippen molar-refractivity contribution < 1.29 is 13.9 Å². The van der Waals surface area contributed by atoms with Crippen molar-refractivity contribution in [1.82, 2.24) is 9.80 Å². The highest BCUT2D eigenvalue weighted by atomic mass is 19.1. The standard InChI is InChI=1S/C23H25FN2O2/c1-25-18-12-19(25)14-20(13-18)28-23(27)26-11-10-15-4-2-3-5-21(15)22(26)16-6-8-17(24)9-7-16/h2-9,18-20,22H,10-14H2,1H3/t18?,19?,20?,22-/m0/s1. The number of hydrogen-bond acceptors (Lipinski definition) is 3. The fourth-order valence-corrected chi connectivity index (χ4v) is 5.11. The number of fused-ring (bicyclic) bond motifs is 3. The molecule has 2 unspecified atom stereocenters. The molecule has 5 heteroatoms. The zero-order valence-corrected chi connectivity index (χ0v) is 16.1. The van der Waals surface area contributed by atoms with Crippen molar-refractivity contribution >= 4 is 6.09 Å². The summed E-state index contributed by atoms with van der Waals surface area (Å²) in [6.45, 7) is 0.609. The predicted molar refractivity (Wildman–Crippen MR) is 105 cm³/mol. The third kappa shape index (κ3) is 2.98. The maximum Gasteiger partial charge on any atom is 0.410 e. The highest BCUT2D eigenvalue weighted by Crippen LogP contribution is 2.39. The van der Waals surface area contributed by atoms with Crippen LogP contribution in [-0.2, 0) is 11.2 Å². The van der Waals surface area contributed by atoms with E-state index in [0.29, 0.717) is 18.6 Å². The van der Waals surface area contributed by atoms with E-state index in [2.05, 4.69) is 24.1 Å². The Morgan fingerprint density at radius 1 is 1.04 bits per heavy atom. The molecule has 1 saturated carbocycles. The summed E-state index contributed by atoms with van der Waals surface area (Å²) >= 11 is 0. The molecule has 3 aliphatic heterocycles. The number of halogens is 1. The van der Waals surface area contributed by atoms with Crippen molar-refractivity contribution in [3.8, 4) is 0 Å². The summed E-state index contributed by atoms with van der Waals surface area (Å²) < 4.78 is 19.4. The molecule has 0 radical (unpaired) electrons. The average Bonchev–Trinajstić information content (AvgIpc) is 2.73. The van der Waals surface area contributed by atoms with Crippen molar-refractivity contribution in [2.24, 2.45) is 0 Å². The first-order valence-corrected chi connectivity index (χ1v) is 10.1. The van der Waals surface area contributed by atoms with E-state index < -0.39 is 0 Å². The SMILES string of the molecule is CN1C2CC(OC(=O)N3CCc4ccccc4[C@@H]3c3ccc(F)cc3)CC1C2. The first kappa shape index (κ1) is 17.7. The second kappa shape index (κ2) is 6.89. The van der Waals surface area contributed by atoms with E-state index in [1.807, 2.05) is 17.0 Å². The molecule has 2 aromatic carbocycles. The van der Waals surface area contributed by atoms with Gasteiger partial charge in [0.1, 0.15) is 11.9 Å². The summed E-state index contributed by atoms with van der Waals surface area (Å²) in [5, 5.41) is 0. The van der Waals surface area contributed by atoms with Gasteiger partial charge in [0, 0.05) is 31.5 Å². The van der Waals surface area contributed by atoms with Gasteiger partial charge in [0.2, 0.25) is 0 Å². The third-order valence-corrected chi connectivity index (χ3v) is 6.74. The Morgan fingerprint density at radius 2 is 1.75 bits per heavy atom. The van der Waals surface area contributed by atoms with Crippen molar-refractivity contribution in [3.63, 3.8) is 0 Å². The van der Waals surface area contributed by atoms with Crippen LogP contribution in [0.4, 0.5) is 9.18 Å². The molecular formula is C23H25FN2O2. The molecule has 2 aromatic rings. The molecule has 3 fully saturated rings. The van der Waals surface area contributed by atoms with Gasteiger partial charge in [0.15, 0.2) is 0 Å². The van der Waals surface area contributed by atoms with Crippen LogP contribution in [0, 0.1) is 5.82 Å². The van der Waals surface area contributed by atoms with Gasteiger partial charge in [0.25, 0.3) is 0 Å². The van der Waals surface area contributed by atoms with Crippen LogP contribution >= 0.6 is 0 Å². The Labute approximate surface area is 164 Å². The van der Waals surface area contributed by atoms with Gasteiger partial charge in [-0.05, 0) is 48.7 Å². The molecule has 3 heterocycles. The molecule has 1 aliphatic carbocycles. The van der Waals surface area contributed by atoms with Gasteiger partial charge >= 0.3 is 6.09 Å². The third-order valence-electron chi connectivity index (χ3n) is 6.74. The number of benzene rings is 2. The summed E-state index contributed by atoms with van der Waals surface area (Å²) in [7, 11) is 2.16. The van der Waals surface area contributed by atoms with E-state index in [1.165, 1.54) is 24.1 Å². The Balaban J connectivity index is 1.41. The number of rotatable bonds is 2. The highest BCUT2D eigenvalue weighted by molar-refractivity contribution is 5.70. The van der Waals surface area contributed by atoms with Gasteiger partial charge in [-0.25, -0.2) is 9.18 Å². The van der Waals surface area contributed by atoms with Gasteiger partial charge in [-0.1, -0.05) is 36.4 Å². The minimum atomic E-state index is -0.271. The minimum Gasteiger partial charge on any atom is -0.446 e. The molecule has 2 saturated heterocycles. The van der Waals surface area contributed by atoms with Crippen LogP contribution in [0.5, 0.6) is 0 Å². The van der Waals surface area contributed by atoms with Crippen LogP contribution in [0.3, 0.4) is 0 Å². The van der Waals surface area contributed by atoms with Gasteiger partial charge in [-0.3, -0.25) is 4.90 Å². The fraction of sp³-hybridized carbons (Fsp3) is 0.435. The van der Waals surface area contributed by atoms with Crippen LogP contribution in [0.1, 0.15) is 42.0 Å². The summed E-state index contributed by atoms with van der Waals surface area (Å²) in [6.07, 6.45) is 3.62. The average molecular weight is 380 g/mol. The van der Waals surface area contributed by atoms with E-state index in [9.17, 15) is 9.18 Å². The van der Waals surface area contributed by atoms with Gasteiger partial charge < -0.3 is 9.64 Å². The van der Waals surface area contributed by atoms with Crippen molar-refractivity contribution in [1.29, 1.82) is 0 Å². The molecular weight excluding hydrogens is 355 g/mol. The van der Waals surface area contributed by atoms with Gasteiger partial charge in [0.05, 0.1) is 6.04 Å². The van der Waals surface area contributed by atoms with E-state index in [4.69, 9.17) is 4.74 Å². The quantitative estimate of drug-likeness (QED) is 0.785. The summed E-state index contributed by atoms with van der Waals surface area (Å²) in [4.78, 5) is 17.4. The first-order valence-electron chi connectivity index (χ1n) is 10.1. The zero-order chi connectivity index (χ0) is 19.3. The van der Waals surface area contributed by atoms with Crippen LogP contribution in [-0.4, -0.2) is 47.7 Å². The van der Waals surface area contributed by atoms with Crippen LogP contribution in [0.25, 0.3) is 0 Å². The van der Waals surface area contributed by atoms with Crippen LogP contribution < -0.4 is 0 Å². The van der Waals surface area contributed by atoms with Crippen LogP contribution in [0.15, 0.2) is 48.5 Å². The Morgan fingerprint density at radius 3 is 2.46 bits per heavy atom. The molecule has 0 spiro atoms. The number of carbonyl (C=O) groups excluding carboxylic acids is 1. The molecule has 4 nitrogen and oxygen atoms in total. The van der Waals surface area contributed by atoms with Gasteiger partial charge in [-0.2, -0.15) is 0 Å². The Kier molecular flexibility index (Phi) is 4.35. The summed E-state index contributed by atoms with van der Waals surface area (Å²) in [6, 6.07) is 15.5. The summed E-state index contributed by atoms with van der Waals surface area (Å²) in [5.41, 5.74) is 3.25. The van der Waals surface area contributed by atoms with Gasteiger partial charge in [-0.15, -0.1) is 0 Å². The monoisotopic (exact) mass is 380 g/mol.